The van der Waals surface area contributed by atoms with Gasteiger partial charge < -0.3 is 10.2 Å². The van der Waals surface area contributed by atoms with E-state index < -0.39 is 0 Å². The van der Waals surface area contributed by atoms with Crippen molar-refractivity contribution in [3.8, 4) is 0 Å². The standard InChI is InChI=1S/C13H17ClN2OS/c14-11-2-1-10(18-11)8-16-9-13(7-12(16)17)3-5-15-6-4-13/h1-2,15H,3-9H2. The summed E-state index contributed by atoms with van der Waals surface area (Å²) in [6.45, 7) is 3.74. The molecular weight excluding hydrogens is 268 g/mol. The second-order valence-corrected chi connectivity index (χ2v) is 7.18. The van der Waals surface area contributed by atoms with Crippen molar-refractivity contribution in [2.75, 3.05) is 19.6 Å². The molecule has 0 aliphatic carbocycles. The molecule has 0 saturated carbocycles. The molecular formula is C13H17ClN2OS. The van der Waals surface area contributed by atoms with Gasteiger partial charge >= 0.3 is 0 Å². The van der Waals surface area contributed by atoms with Crippen LogP contribution >= 0.6 is 22.9 Å². The molecule has 1 spiro atoms. The van der Waals surface area contributed by atoms with Gasteiger partial charge in [0.25, 0.3) is 0 Å². The van der Waals surface area contributed by atoms with Crippen LogP contribution < -0.4 is 5.32 Å². The van der Waals surface area contributed by atoms with Gasteiger partial charge in [0.05, 0.1) is 10.9 Å². The quantitative estimate of drug-likeness (QED) is 0.905. The van der Waals surface area contributed by atoms with E-state index >= 15 is 0 Å². The lowest BCUT2D eigenvalue weighted by molar-refractivity contribution is -0.128. The molecule has 1 N–H and O–H groups in total. The van der Waals surface area contributed by atoms with E-state index in [-0.39, 0.29) is 5.41 Å². The van der Waals surface area contributed by atoms with Gasteiger partial charge in [0, 0.05) is 17.8 Å². The first-order valence-corrected chi connectivity index (χ1v) is 7.59. The monoisotopic (exact) mass is 284 g/mol. The number of thiophene rings is 1. The summed E-state index contributed by atoms with van der Waals surface area (Å²) in [4.78, 5) is 15.3. The molecule has 0 aromatic carbocycles. The Morgan fingerprint density at radius 1 is 1.39 bits per heavy atom. The number of amides is 1. The van der Waals surface area contributed by atoms with Crippen LogP contribution in [-0.4, -0.2) is 30.4 Å². The highest BCUT2D eigenvalue weighted by molar-refractivity contribution is 7.16. The van der Waals surface area contributed by atoms with Crippen LogP contribution in [0.5, 0.6) is 0 Å². The number of rotatable bonds is 2. The van der Waals surface area contributed by atoms with E-state index in [0.717, 1.165) is 49.8 Å². The number of nitrogens with one attached hydrogen (secondary N) is 1. The maximum atomic E-state index is 12.1. The van der Waals surface area contributed by atoms with Crippen molar-refractivity contribution in [3.63, 3.8) is 0 Å². The number of carbonyl (C=O) groups is 1. The van der Waals surface area contributed by atoms with E-state index in [0.29, 0.717) is 5.91 Å². The summed E-state index contributed by atoms with van der Waals surface area (Å²) >= 11 is 7.50. The first-order valence-electron chi connectivity index (χ1n) is 6.40. The molecule has 1 amide bonds. The summed E-state index contributed by atoms with van der Waals surface area (Å²) in [5.41, 5.74) is 0.239. The highest BCUT2D eigenvalue weighted by Crippen LogP contribution is 2.40. The van der Waals surface area contributed by atoms with Gasteiger partial charge in [0.1, 0.15) is 0 Å². The average molecular weight is 285 g/mol. The Balaban J connectivity index is 1.68. The SMILES string of the molecule is O=C1CC2(CCNCC2)CN1Cc1ccc(Cl)s1. The zero-order chi connectivity index (χ0) is 12.6. The lowest BCUT2D eigenvalue weighted by atomic mass is 9.78. The molecule has 1 aromatic rings. The highest BCUT2D eigenvalue weighted by atomic mass is 35.5. The predicted octanol–water partition coefficient (Wildman–Crippen LogP) is 2.50. The number of hydrogen-bond donors (Lipinski definition) is 1. The van der Waals surface area contributed by atoms with Gasteiger partial charge in [0.2, 0.25) is 5.91 Å². The Hall–Kier alpha value is -0.580. The summed E-state index contributed by atoms with van der Waals surface area (Å²) < 4.78 is 0.799. The summed E-state index contributed by atoms with van der Waals surface area (Å²) in [5.74, 6) is 0.307. The van der Waals surface area contributed by atoms with Gasteiger partial charge in [0.15, 0.2) is 0 Å². The normalized spacial score (nSPS) is 22.9. The van der Waals surface area contributed by atoms with Crippen molar-refractivity contribution in [1.29, 1.82) is 0 Å². The molecule has 3 heterocycles. The lowest BCUT2D eigenvalue weighted by Gasteiger charge is -2.33. The molecule has 3 rings (SSSR count). The fourth-order valence-electron chi connectivity index (χ4n) is 3.04. The molecule has 0 radical (unpaired) electrons. The zero-order valence-electron chi connectivity index (χ0n) is 10.2. The predicted molar refractivity (Wildman–Crippen MR) is 73.9 cm³/mol. The van der Waals surface area contributed by atoms with Crippen LogP contribution in [0.1, 0.15) is 24.1 Å². The molecule has 1 aromatic heterocycles. The van der Waals surface area contributed by atoms with Gasteiger partial charge in [-0.2, -0.15) is 0 Å². The number of nitrogens with zero attached hydrogens (tertiary/aromatic N) is 1. The minimum Gasteiger partial charge on any atom is -0.337 e. The largest absolute Gasteiger partial charge is 0.337 e. The van der Waals surface area contributed by atoms with Crippen molar-refractivity contribution in [2.45, 2.75) is 25.8 Å². The lowest BCUT2D eigenvalue weighted by Crippen LogP contribution is -2.38. The van der Waals surface area contributed by atoms with Crippen molar-refractivity contribution in [3.05, 3.63) is 21.3 Å². The van der Waals surface area contributed by atoms with Gasteiger partial charge in [-0.25, -0.2) is 0 Å². The molecule has 98 valence electrons. The summed E-state index contributed by atoms with van der Waals surface area (Å²) in [6.07, 6.45) is 2.98. The minimum absolute atomic E-state index is 0.239. The fraction of sp³-hybridized carbons (Fsp3) is 0.615. The number of likely N-dealkylation sites (tertiary alicyclic amines) is 1. The van der Waals surface area contributed by atoms with Crippen molar-refractivity contribution in [1.82, 2.24) is 10.2 Å². The summed E-state index contributed by atoms with van der Waals surface area (Å²) in [5, 5.41) is 3.37. The number of piperidine rings is 1. The van der Waals surface area contributed by atoms with Crippen LogP contribution in [0.15, 0.2) is 12.1 Å². The fourth-order valence-corrected chi connectivity index (χ4v) is 4.15. The molecule has 2 aliphatic heterocycles. The van der Waals surface area contributed by atoms with Crippen LogP contribution in [0.3, 0.4) is 0 Å². The van der Waals surface area contributed by atoms with Crippen LogP contribution in [0.2, 0.25) is 4.34 Å². The van der Waals surface area contributed by atoms with Crippen LogP contribution in [0.25, 0.3) is 0 Å². The minimum atomic E-state index is 0.239. The van der Waals surface area contributed by atoms with Crippen molar-refractivity contribution >= 4 is 28.8 Å². The smallest absolute Gasteiger partial charge is 0.223 e. The molecule has 3 nitrogen and oxygen atoms in total. The maximum absolute atomic E-state index is 12.1. The number of carbonyl (C=O) groups excluding carboxylic acids is 1. The third kappa shape index (κ3) is 2.42. The Labute approximate surface area is 116 Å². The van der Waals surface area contributed by atoms with Gasteiger partial charge in [-0.05, 0) is 43.5 Å². The Morgan fingerprint density at radius 3 is 2.83 bits per heavy atom. The molecule has 2 saturated heterocycles. The highest BCUT2D eigenvalue weighted by Gasteiger charge is 2.43. The third-order valence-electron chi connectivity index (χ3n) is 4.04. The molecule has 2 fully saturated rings. The maximum Gasteiger partial charge on any atom is 0.223 e. The second kappa shape index (κ2) is 4.83. The van der Waals surface area contributed by atoms with Gasteiger partial charge in [-0.1, -0.05) is 11.6 Å². The Morgan fingerprint density at radius 2 is 2.17 bits per heavy atom. The van der Waals surface area contributed by atoms with E-state index in [1.807, 2.05) is 17.0 Å². The molecule has 5 heteroatoms. The average Bonchev–Trinajstić information content (AvgIpc) is 2.86. The topological polar surface area (TPSA) is 32.3 Å². The zero-order valence-corrected chi connectivity index (χ0v) is 11.8. The second-order valence-electron chi connectivity index (χ2n) is 5.38. The van der Waals surface area contributed by atoms with Crippen molar-refractivity contribution < 1.29 is 4.79 Å². The van der Waals surface area contributed by atoms with Gasteiger partial charge in [-0.3, -0.25) is 4.79 Å². The number of halogens is 1. The first kappa shape index (κ1) is 12.5. The van der Waals surface area contributed by atoms with Crippen LogP contribution in [-0.2, 0) is 11.3 Å². The molecule has 0 unspecified atom stereocenters. The van der Waals surface area contributed by atoms with E-state index in [4.69, 9.17) is 11.6 Å². The van der Waals surface area contributed by atoms with E-state index in [1.165, 1.54) is 4.88 Å². The van der Waals surface area contributed by atoms with Crippen LogP contribution in [0, 0.1) is 5.41 Å². The molecule has 18 heavy (non-hydrogen) atoms. The molecule has 0 bridgehead atoms. The molecule has 2 aliphatic rings. The van der Waals surface area contributed by atoms with Crippen molar-refractivity contribution in [2.24, 2.45) is 5.41 Å². The first-order chi connectivity index (χ1) is 8.67. The third-order valence-corrected chi connectivity index (χ3v) is 5.26. The molecule has 0 atom stereocenters. The Kier molecular flexibility index (Phi) is 3.34. The van der Waals surface area contributed by atoms with E-state index in [1.54, 1.807) is 11.3 Å². The van der Waals surface area contributed by atoms with E-state index in [9.17, 15) is 4.79 Å². The summed E-state index contributed by atoms with van der Waals surface area (Å²) in [6, 6.07) is 3.93. The summed E-state index contributed by atoms with van der Waals surface area (Å²) in [7, 11) is 0. The Bertz CT molecular complexity index is 454. The number of hydrogen-bond acceptors (Lipinski definition) is 3. The van der Waals surface area contributed by atoms with Crippen LogP contribution in [0.4, 0.5) is 0 Å². The van der Waals surface area contributed by atoms with Gasteiger partial charge in [-0.15, -0.1) is 11.3 Å². The van der Waals surface area contributed by atoms with E-state index in [2.05, 4.69) is 5.32 Å².